The van der Waals surface area contributed by atoms with Crippen LogP contribution >= 0.6 is 0 Å². The summed E-state index contributed by atoms with van der Waals surface area (Å²) < 4.78 is 13.1. The molecule has 0 atom stereocenters. The number of nitrogens with zero attached hydrogens (tertiary/aromatic N) is 4. The van der Waals surface area contributed by atoms with E-state index in [1.165, 1.54) is 17.7 Å². The number of hydrogen-bond acceptors (Lipinski definition) is 5. The first-order valence-corrected chi connectivity index (χ1v) is 9.56. The van der Waals surface area contributed by atoms with Crippen molar-refractivity contribution in [1.82, 2.24) is 9.97 Å². The second kappa shape index (κ2) is 8.25. The van der Waals surface area contributed by atoms with Gasteiger partial charge in [0.05, 0.1) is 0 Å². The SMILES string of the molecule is Cc1cc(NCc2ccccc2)nc(N2CCN(c3ccc(F)cc3)CC2)n1. The molecule has 1 fully saturated rings. The molecule has 28 heavy (non-hydrogen) atoms. The average molecular weight is 377 g/mol. The van der Waals surface area contributed by atoms with Crippen molar-refractivity contribution in [1.29, 1.82) is 0 Å². The van der Waals surface area contributed by atoms with Crippen LogP contribution in [0.25, 0.3) is 0 Å². The van der Waals surface area contributed by atoms with Crippen LogP contribution in [0.1, 0.15) is 11.3 Å². The van der Waals surface area contributed by atoms with Crippen LogP contribution in [0.2, 0.25) is 0 Å². The molecule has 0 unspecified atom stereocenters. The molecule has 1 aliphatic rings. The van der Waals surface area contributed by atoms with E-state index in [2.05, 4.69) is 32.2 Å². The van der Waals surface area contributed by atoms with Crippen molar-refractivity contribution >= 4 is 17.5 Å². The molecule has 0 aliphatic carbocycles. The highest BCUT2D eigenvalue weighted by molar-refractivity contribution is 5.50. The molecule has 0 saturated carbocycles. The summed E-state index contributed by atoms with van der Waals surface area (Å²) in [4.78, 5) is 13.8. The molecule has 0 amide bonds. The highest BCUT2D eigenvalue weighted by Crippen LogP contribution is 2.20. The van der Waals surface area contributed by atoms with Crippen molar-refractivity contribution in [3.63, 3.8) is 0 Å². The van der Waals surface area contributed by atoms with Gasteiger partial charge in [-0.15, -0.1) is 0 Å². The number of aromatic nitrogens is 2. The van der Waals surface area contributed by atoms with Gasteiger partial charge in [0.25, 0.3) is 0 Å². The predicted octanol–water partition coefficient (Wildman–Crippen LogP) is 3.86. The Morgan fingerprint density at radius 2 is 1.57 bits per heavy atom. The monoisotopic (exact) mass is 377 g/mol. The molecule has 2 heterocycles. The number of benzene rings is 2. The molecule has 0 bridgehead atoms. The quantitative estimate of drug-likeness (QED) is 0.731. The summed E-state index contributed by atoms with van der Waals surface area (Å²) in [5.41, 5.74) is 3.21. The van der Waals surface area contributed by atoms with Crippen LogP contribution in [0, 0.1) is 12.7 Å². The maximum Gasteiger partial charge on any atom is 0.227 e. The molecule has 0 radical (unpaired) electrons. The minimum absolute atomic E-state index is 0.203. The summed E-state index contributed by atoms with van der Waals surface area (Å²) in [5, 5.41) is 3.40. The number of halogens is 1. The second-order valence-electron chi connectivity index (χ2n) is 6.98. The standard InChI is InChI=1S/C22H24FN5/c1-17-15-21(24-16-18-5-3-2-4-6-18)26-22(25-17)28-13-11-27(12-14-28)20-9-7-19(23)8-10-20/h2-10,15H,11-14,16H2,1H3,(H,24,25,26). The first-order chi connectivity index (χ1) is 13.7. The van der Waals surface area contributed by atoms with Crippen LogP contribution in [0.5, 0.6) is 0 Å². The van der Waals surface area contributed by atoms with Crippen LogP contribution in [-0.4, -0.2) is 36.1 Å². The normalized spacial score (nSPS) is 14.2. The van der Waals surface area contributed by atoms with E-state index in [4.69, 9.17) is 4.98 Å². The van der Waals surface area contributed by atoms with Gasteiger partial charge in [-0.1, -0.05) is 30.3 Å². The largest absolute Gasteiger partial charge is 0.368 e. The molecular weight excluding hydrogens is 353 g/mol. The minimum Gasteiger partial charge on any atom is -0.368 e. The topological polar surface area (TPSA) is 44.3 Å². The molecule has 1 aliphatic heterocycles. The van der Waals surface area contributed by atoms with Crippen molar-refractivity contribution in [2.45, 2.75) is 13.5 Å². The Kier molecular flexibility index (Phi) is 5.37. The fourth-order valence-corrected chi connectivity index (χ4v) is 3.39. The molecule has 1 saturated heterocycles. The lowest BCUT2D eigenvalue weighted by atomic mass is 10.2. The van der Waals surface area contributed by atoms with E-state index in [1.54, 1.807) is 0 Å². The molecule has 4 rings (SSSR count). The smallest absolute Gasteiger partial charge is 0.227 e. The number of hydrogen-bond donors (Lipinski definition) is 1. The van der Waals surface area contributed by atoms with E-state index >= 15 is 0 Å². The van der Waals surface area contributed by atoms with Crippen molar-refractivity contribution < 1.29 is 4.39 Å². The second-order valence-corrected chi connectivity index (χ2v) is 6.98. The lowest BCUT2D eigenvalue weighted by Gasteiger charge is -2.36. The number of piperazine rings is 1. The molecule has 6 heteroatoms. The van der Waals surface area contributed by atoms with E-state index in [9.17, 15) is 4.39 Å². The highest BCUT2D eigenvalue weighted by Gasteiger charge is 2.20. The van der Waals surface area contributed by atoms with Gasteiger partial charge in [0.1, 0.15) is 11.6 Å². The van der Waals surface area contributed by atoms with E-state index < -0.39 is 0 Å². The Morgan fingerprint density at radius 1 is 0.893 bits per heavy atom. The van der Waals surface area contributed by atoms with Gasteiger partial charge in [0, 0.05) is 50.2 Å². The summed E-state index contributed by atoms with van der Waals surface area (Å²) in [6, 6.07) is 18.9. The Hall–Kier alpha value is -3.15. The molecule has 1 aromatic heterocycles. The Balaban J connectivity index is 1.40. The van der Waals surface area contributed by atoms with Crippen LogP contribution in [0.4, 0.5) is 21.8 Å². The van der Waals surface area contributed by atoms with E-state index in [0.717, 1.165) is 55.9 Å². The van der Waals surface area contributed by atoms with Crippen LogP contribution in [0.15, 0.2) is 60.7 Å². The average Bonchev–Trinajstić information content (AvgIpc) is 2.73. The molecule has 3 aromatic rings. The van der Waals surface area contributed by atoms with Gasteiger partial charge in [0.15, 0.2) is 0 Å². The first kappa shape index (κ1) is 18.2. The zero-order chi connectivity index (χ0) is 19.3. The van der Waals surface area contributed by atoms with Crippen LogP contribution < -0.4 is 15.1 Å². The zero-order valence-electron chi connectivity index (χ0n) is 16.0. The summed E-state index contributed by atoms with van der Waals surface area (Å²) >= 11 is 0. The maximum absolute atomic E-state index is 13.1. The van der Waals surface area contributed by atoms with Gasteiger partial charge < -0.3 is 15.1 Å². The van der Waals surface area contributed by atoms with Crippen molar-refractivity contribution in [3.8, 4) is 0 Å². The van der Waals surface area contributed by atoms with E-state index in [-0.39, 0.29) is 5.82 Å². The molecule has 0 spiro atoms. The zero-order valence-corrected chi connectivity index (χ0v) is 16.0. The number of nitrogens with one attached hydrogen (secondary N) is 1. The Labute approximate surface area is 164 Å². The number of rotatable bonds is 5. The number of anilines is 3. The predicted molar refractivity (Wildman–Crippen MR) is 111 cm³/mol. The summed E-state index contributed by atoms with van der Waals surface area (Å²) in [6.07, 6.45) is 0. The fourth-order valence-electron chi connectivity index (χ4n) is 3.39. The summed E-state index contributed by atoms with van der Waals surface area (Å²) in [7, 11) is 0. The van der Waals surface area contributed by atoms with Gasteiger partial charge in [-0.05, 0) is 36.8 Å². The molecule has 144 valence electrons. The Morgan fingerprint density at radius 3 is 2.29 bits per heavy atom. The molecule has 1 N–H and O–H groups in total. The van der Waals surface area contributed by atoms with Crippen LogP contribution in [0.3, 0.4) is 0 Å². The Bertz CT molecular complexity index is 906. The summed E-state index contributed by atoms with van der Waals surface area (Å²) in [5.74, 6) is 1.40. The van der Waals surface area contributed by atoms with Gasteiger partial charge in [0.2, 0.25) is 5.95 Å². The van der Waals surface area contributed by atoms with Gasteiger partial charge in [-0.3, -0.25) is 0 Å². The van der Waals surface area contributed by atoms with Gasteiger partial charge in [-0.2, -0.15) is 4.98 Å². The van der Waals surface area contributed by atoms with Gasteiger partial charge in [-0.25, -0.2) is 9.37 Å². The van der Waals surface area contributed by atoms with E-state index in [1.807, 2.05) is 43.3 Å². The lowest BCUT2D eigenvalue weighted by Crippen LogP contribution is -2.47. The third kappa shape index (κ3) is 4.39. The van der Waals surface area contributed by atoms with Gasteiger partial charge >= 0.3 is 0 Å². The minimum atomic E-state index is -0.203. The van der Waals surface area contributed by atoms with Crippen molar-refractivity contribution in [3.05, 3.63) is 77.7 Å². The molecule has 5 nitrogen and oxygen atoms in total. The lowest BCUT2D eigenvalue weighted by molar-refractivity contribution is 0.623. The highest BCUT2D eigenvalue weighted by atomic mass is 19.1. The first-order valence-electron chi connectivity index (χ1n) is 9.56. The number of aryl methyl sites for hydroxylation is 1. The third-order valence-corrected chi connectivity index (χ3v) is 4.91. The molecular formula is C22H24FN5. The van der Waals surface area contributed by atoms with Crippen LogP contribution in [-0.2, 0) is 6.54 Å². The van der Waals surface area contributed by atoms with Crippen molar-refractivity contribution in [2.24, 2.45) is 0 Å². The summed E-state index contributed by atoms with van der Waals surface area (Å²) in [6.45, 7) is 6.10. The van der Waals surface area contributed by atoms with E-state index in [0.29, 0.717) is 0 Å². The third-order valence-electron chi connectivity index (χ3n) is 4.91. The fraction of sp³-hybridized carbons (Fsp3) is 0.273. The molecule has 2 aromatic carbocycles. The maximum atomic E-state index is 13.1. The van der Waals surface area contributed by atoms with Crippen molar-refractivity contribution in [2.75, 3.05) is 41.3 Å².